The fourth-order valence-electron chi connectivity index (χ4n) is 6.15. The van der Waals surface area contributed by atoms with Gasteiger partial charge in [-0.3, -0.25) is 14.2 Å². The largest absolute Gasteiger partial charge is 0.474 e. The minimum atomic E-state index is -2.81. The Morgan fingerprint density at radius 1 is 0.929 bits per heavy atom. The molecule has 0 unspecified atom stereocenters. The average molecular weight is 584 g/mol. The Hall–Kier alpha value is -3.87. The maximum absolute atomic E-state index is 14.1. The van der Waals surface area contributed by atoms with E-state index >= 15 is 0 Å². The van der Waals surface area contributed by atoms with Gasteiger partial charge in [0.2, 0.25) is 23.6 Å². The number of nitrogens with two attached hydrogens (primary N) is 1. The summed E-state index contributed by atoms with van der Waals surface area (Å²) in [6, 6.07) is 8.55. The number of morpholine rings is 1. The normalized spacial score (nSPS) is 22.1. The third kappa shape index (κ3) is 5.87. The minimum absolute atomic E-state index is 0.0919. The van der Waals surface area contributed by atoms with Crippen molar-refractivity contribution in [2.45, 2.75) is 51.1 Å². The lowest BCUT2D eigenvalue weighted by Crippen LogP contribution is -2.45. The zero-order valence-electron chi connectivity index (χ0n) is 23.3. The molecule has 1 saturated carbocycles. The van der Waals surface area contributed by atoms with E-state index in [0.717, 1.165) is 0 Å². The van der Waals surface area contributed by atoms with Crippen LogP contribution in [0.1, 0.15) is 50.8 Å². The Kier molecular flexibility index (Phi) is 8.18. The maximum atomic E-state index is 14.1. The van der Waals surface area contributed by atoms with E-state index in [9.17, 15) is 18.4 Å². The molecule has 42 heavy (non-hydrogen) atoms. The summed E-state index contributed by atoms with van der Waals surface area (Å²) in [5, 5.41) is 0. The van der Waals surface area contributed by atoms with Crippen molar-refractivity contribution < 1.29 is 27.8 Å². The first-order valence-electron chi connectivity index (χ1n) is 14.6. The monoisotopic (exact) mass is 583 g/mol. The van der Waals surface area contributed by atoms with Crippen LogP contribution in [0.15, 0.2) is 30.3 Å². The van der Waals surface area contributed by atoms with Crippen LogP contribution in [0.4, 0.5) is 14.7 Å². The number of alkyl halides is 2. The molecular formula is C29H35F2N7O4. The maximum Gasteiger partial charge on any atom is 0.296 e. The highest BCUT2D eigenvalue weighted by Gasteiger charge is 2.33. The highest BCUT2D eigenvalue weighted by molar-refractivity contribution is 5.80. The first kappa shape index (κ1) is 28.3. The molecule has 0 atom stereocenters. The van der Waals surface area contributed by atoms with Gasteiger partial charge in [-0.05, 0) is 50.7 Å². The number of hydrogen-bond acceptors (Lipinski definition) is 8. The second-order valence-corrected chi connectivity index (χ2v) is 11.2. The van der Waals surface area contributed by atoms with Crippen molar-refractivity contribution in [1.82, 2.24) is 24.4 Å². The second-order valence-electron chi connectivity index (χ2n) is 11.2. The first-order chi connectivity index (χ1) is 20.4. The van der Waals surface area contributed by atoms with Gasteiger partial charge in [-0.15, -0.1) is 0 Å². The van der Waals surface area contributed by atoms with E-state index in [0.29, 0.717) is 101 Å². The van der Waals surface area contributed by atoms with Gasteiger partial charge in [0.15, 0.2) is 5.82 Å². The summed E-state index contributed by atoms with van der Waals surface area (Å²) >= 11 is 0. The number of anilines is 1. The van der Waals surface area contributed by atoms with E-state index in [4.69, 9.17) is 15.2 Å². The topological polar surface area (TPSA) is 129 Å². The van der Waals surface area contributed by atoms with Crippen LogP contribution in [-0.2, 0) is 14.3 Å². The van der Waals surface area contributed by atoms with Crippen molar-refractivity contribution in [2.75, 3.05) is 44.3 Å². The fourth-order valence-corrected chi connectivity index (χ4v) is 6.15. The highest BCUT2D eigenvalue weighted by atomic mass is 19.3. The smallest absolute Gasteiger partial charge is 0.296 e. The Bertz CT molecular complexity index is 1430. The number of carbonyl (C=O) groups is 2. The number of para-hydroxylation sites is 2. The molecule has 2 N–H and O–H groups in total. The SMILES string of the molecule is NC(=O)C1CCN(C(=O)C2CCC(Oc3cc(-n4c(C(F)F)nc5ccccc54)nc(N4CCOCC4)n3)CC2)CC1. The molecule has 0 spiro atoms. The molecule has 0 bridgehead atoms. The number of halogens is 2. The molecule has 2 saturated heterocycles. The summed E-state index contributed by atoms with van der Waals surface area (Å²) in [5.41, 5.74) is 6.40. The van der Waals surface area contributed by atoms with E-state index in [-0.39, 0.29) is 35.6 Å². The van der Waals surface area contributed by atoms with Crippen molar-refractivity contribution >= 4 is 28.8 Å². The van der Waals surface area contributed by atoms with Gasteiger partial charge in [0.25, 0.3) is 6.43 Å². The Morgan fingerprint density at radius 2 is 1.64 bits per heavy atom. The van der Waals surface area contributed by atoms with Crippen LogP contribution >= 0.6 is 0 Å². The second kappa shape index (κ2) is 12.2. The van der Waals surface area contributed by atoms with Gasteiger partial charge in [0.1, 0.15) is 11.9 Å². The summed E-state index contributed by atoms with van der Waals surface area (Å²) in [4.78, 5) is 41.9. The van der Waals surface area contributed by atoms with Crippen molar-refractivity contribution in [3.8, 4) is 11.7 Å². The number of aromatic nitrogens is 4. The number of piperidine rings is 1. The number of hydrogen-bond donors (Lipinski definition) is 1. The lowest BCUT2D eigenvalue weighted by atomic mass is 9.85. The van der Waals surface area contributed by atoms with Gasteiger partial charge in [-0.2, -0.15) is 9.97 Å². The molecule has 1 aromatic carbocycles. The van der Waals surface area contributed by atoms with Gasteiger partial charge < -0.3 is 25.0 Å². The molecule has 3 fully saturated rings. The van der Waals surface area contributed by atoms with Crippen LogP contribution in [0.3, 0.4) is 0 Å². The number of likely N-dealkylation sites (tertiary alicyclic amines) is 1. The summed E-state index contributed by atoms with van der Waals surface area (Å²) in [7, 11) is 0. The van der Waals surface area contributed by atoms with Gasteiger partial charge >= 0.3 is 0 Å². The lowest BCUT2D eigenvalue weighted by Gasteiger charge is -2.35. The van der Waals surface area contributed by atoms with Crippen molar-refractivity contribution in [3.63, 3.8) is 0 Å². The molecule has 1 aliphatic carbocycles. The Balaban J connectivity index is 1.20. The molecule has 2 amide bonds. The summed E-state index contributed by atoms with van der Waals surface area (Å²) < 4.78 is 41.5. The molecule has 4 heterocycles. The van der Waals surface area contributed by atoms with Crippen molar-refractivity contribution in [2.24, 2.45) is 17.6 Å². The first-order valence-corrected chi connectivity index (χ1v) is 14.6. The molecule has 3 aliphatic rings. The molecular weight excluding hydrogens is 548 g/mol. The third-order valence-electron chi connectivity index (χ3n) is 8.50. The molecule has 3 aromatic rings. The molecule has 13 heteroatoms. The predicted octanol–water partition coefficient (Wildman–Crippen LogP) is 3.25. The Morgan fingerprint density at radius 3 is 2.33 bits per heavy atom. The number of ether oxygens (including phenoxy) is 2. The predicted molar refractivity (Wildman–Crippen MR) is 150 cm³/mol. The van der Waals surface area contributed by atoms with Crippen LogP contribution in [-0.4, -0.2) is 81.7 Å². The van der Waals surface area contributed by atoms with Crippen LogP contribution in [0.25, 0.3) is 16.9 Å². The van der Waals surface area contributed by atoms with Gasteiger partial charge in [-0.1, -0.05) is 12.1 Å². The van der Waals surface area contributed by atoms with E-state index in [1.807, 2.05) is 9.80 Å². The third-order valence-corrected chi connectivity index (χ3v) is 8.50. The number of benzene rings is 1. The number of primary amides is 1. The van der Waals surface area contributed by atoms with E-state index in [1.165, 1.54) is 4.57 Å². The molecule has 2 aromatic heterocycles. The molecule has 11 nitrogen and oxygen atoms in total. The number of imidazole rings is 1. The van der Waals surface area contributed by atoms with Crippen LogP contribution in [0, 0.1) is 11.8 Å². The van der Waals surface area contributed by atoms with Crippen LogP contribution < -0.4 is 15.4 Å². The fraction of sp³-hybridized carbons (Fsp3) is 0.552. The number of carbonyl (C=O) groups excluding carboxylic acids is 2. The number of nitrogens with zero attached hydrogens (tertiary/aromatic N) is 6. The Labute approximate surface area is 242 Å². The average Bonchev–Trinajstić information content (AvgIpc) is 3.42. The zero-order chi connectivity index (χ0) is 29.2. The lowest BCUT2D eigenvalue weighted by molar-refractivity contribution is -0.140. The standard InChI is InChI=1S/C29H35F2N7O4/c30-25(31)27-33-21-3-1-2-4-22(21)38(27)23-17-24(35-29(34-23)37-13-15-41-16-14-37)42-20-7-5-19(6-8-20)28(40)36-11-9-18(10-12-36)26(32)39/h1-4,17-20,25H,5-16H2,(H2,32,39). The van der Waals surface area contributed by atoms with Gasteiger partial charge in [0, 0.05) is 44.1 Å². The number of amides is 2. The summed E-state index contributed by atoms with van der Waals surface area (Å²) in [6.07, 6.45) is 0.917. The van der Waals surface area contributed by atoms with Crippen molar-refractivity contribution in [3.05, 3.63) is 36.2 Å². The molecule has 6 rings (SSSR count). The van der Waals surface area contributed by atoms with E-state index < -0.39 is 12.2 Å². The van der Waals surface area contributed by atoms with Crippen molar-refractivity contribution in [1.29, 1.82) is 0 Å². The number of fused-ring (bicyclic) bond motifs is 1. The van der Waals surface area contributed by atoms with Gasteiger partial charge in [0.05, 0.1) is 24.2 Å². The summed E-state index contributed by atoms with van der Waals surface area (Å²) in [6.45, 7) is 3.27. The molecule has 0 radical (unpaired) electrons. The summed E-state index contributed by atoms with van der Waals surface area (Å²) in [5.74, 6) is 0.121. The van der Waals surface area contributed by atoms with E-state index in [1.54, 1.807) is 30.3 Å². The molecule has 224 valence electrons. The number of rotatable bonds is 7. The van der Waals surface area contributed by atoms with Crippen LogP contribution in [0.2, 0.25) is 0 Å². The quantitative estimate of drug-likeness (QED) is 0.449. The highest BCUT2D eigenvalue weighted by Crippen LogP contribution is 2.33. The van der Waals surface area contributed by atoms with E-state index in [2.05, 4.69) is 15.0 Å². The molecule has 2 aliphatic heterocycles. The minimum Gasteiger partial charge on any atom is -0.474 e. The van der Waals surface area contributed by atoms with Gasteiger partial charge in [-0.25, -0.2) is 13.8 Å². The van der Waals surface area contributed by atoms with Crippen LogP contribution in [0.5, 0.6) is 5.88 Å². The zero-order valence-corrected chi connectivity index (χ0v) is 23.3.